The van der Waals surface area contributed by atoms with Gasteiger partial charge in [-0.2, -0.15) is 0 Å². The van der Waals surface area contributed by atoms with E-state index in [0.29, 0.717) is 0 Å². The topological polar surface area (TPSA) is 29.5 Å². The number of hydrogen-bond donors (Lipinski definition) is 0. The highest BCUT2D eigenvalue weighted by atomic mass is 32.1. The average Bonchev–Trinajstić information content (AvgIpc) is 2.78. The van der Waals surface area contributed by atoms with Gasteiger partial charge in [-0.15, -0.1) is 11.3 Å². The van der Waals surface area contributed by atoms with E-state index in [4.69, 9.17) is 4.74 Å². The van der Waals surface area contributed by atoms with Crippen LogP contribution in [0.5, 0.6) is 5.06 Å². The number of aryl methyl sites for hydroxylation is 1. The van der Waals surface area contributed by atoms with Crippen molar-refractivity contribution in [2.45, 2.75) is 40.0 Å². The van der Waals surface area contributed by atoms with E-state index in [1.54, 1.807) is 23.3 Å². The predicted molar refractivity (Wildman–Crippen MR) is 73.2 cm³/mol. The van der Waals surface area contributed by atoms with Gasteiger partial charge in [0, 0.05) is 11.9 Å². The van der Waals surface area contributed by atoms with Crippen LogP contribution in [0.2, 0.25) is 0 Å². The standard InChI is InChI=1S/C11H15NO2S.C2H6/c1-3-4-5-8-6-9-11(15-8)14-7-10(13)12(9)2;1-2/h6H,3-5,7H2,1-2H3;1-2H3. The minimum atomic E-state index is 0.0299. The van der Waals surface area contributed by atoms with Gasteiger partial charge in [0.25, 0.3) is 5.91 Å². The molecule has 0 aromatic carbocycles. The van der Waals surface area contributed by atoms with E-state index < -0.39 is 0 Å². The van der Waals surface area contributed by atoms with Gasteiger partial charge >= 0.3 is 0 Å². The monoisotopic (exact) mass is 255 g/mol. The molecule has 2 rings (SSSR count). The molecule has 1 aromatic heterocycles. The fourth-order valence-electron chi connectivity index (χ4n) is 1.58. The molecule has 17 heavy (non-hydrogen) atoms. The number of likely N-dealkylation sites (N-methyl/N-ethyl adjacent to an activating group) is 1. The summed E-state index contributed by atoms with van der Waals surface area (Å²) in [6, 6.07) is 2.08. The maximum Gasteiger partial charge on any atom is 0.264 e. The maximum atomic E-state index is 11.4. The van der Waals surface area contributed by atoms with Crippen molar-refractivity contribution in [1.82, 2.24) is 0 Å². The molecule has 1 aromatic rings. The number of rotatable bonds is 3. The van der Waals surface area contributed by atoms with Gasteiger partial charge in [-0.05, 0) is 18.9 Å². The Hall–Kier alpha value is -1.03. The first kappa shape index (κ1) is 14.0. The molecule has 0 saturated carbocycles. The summed E-state index contributed by atoms with van der Waals surface area (Å²) in [5, 5.41) is 0.892. The zero-order chi connectivity index (χ0) is 12.8. The van der Waals surface area contributed by atoms with E-state index in [1.165, 1.54) is 17.7 Å². The molecule has 0 fully saturated rings. The van der Waals surface area contributed by atoms with Gasteiger partial charge in [0.05, 0.1) is 5.69 Å². The van der Waals surface area contributed by atoms with Gasteiger partial charge in [0.2, 0.25) is 0 Å². The number of ether oxygens (including phenoxy) is 1. The molecule has 4 heteroatoms. The van der Waals surface area contributed by atoms with E-state index in [0.717, 1.165) is 17.2 Å². The number of nitrogens with zero attached hydrogens (tertiary/aromatic N) is 1. The molecular weight excluding hydrogens is 234 g/mol. The summed E-state index contributed by atoms with van der Waals surface area (Å²) >= 11 is 1.66. The highest BCUT2D eigenvalue weighted by Crippen LogP contribution is 2.40. The minimum Gasteiger partial charge on any atom is -0.472 e. The highest BCUT2D eigenvalue weighted by Gasteiger charge is 2.24. The quantitative estimate of drug-likeness (QED) is 0.827. The van der Waals surface area contributed by atoms with Gasteiger partial charge < -0.3 is 9.64 Å². The first-order valence-corrected chi connectivity index (χ1v) is 7.06. The third kappa shape index (κ3) is 3.22. The Morgan fingerprint density at radius 1 is 1.47 bits per heavy atom. The molecule has 1 amide bonds. The molecule has 0 bridgehead atoms. The van der Waals surface area contributed by atoms with Gasteiger partial charge in [-0.1, -0.05) is 27.2 Å². The Morgan fingerprint density at radius 2 is 2.18 bits per heavy atom. The lowest BCUT2D eigenvalue weighted by Crippen LogP contribution is -2.34. The Labute approximate surface area is 107 Å². The number of unbranched alkanes of at least 4 members (excludes halogenated alkanes) is 1. The lowest BCUT2D eigenvalue weighted by molar-refractivity contribution is -0.120. The van der Waals surface area contributed by atoms with E-state index in [2.05, 4.69) is 13.0 Å². The third-order valence-corrected chi connectivity index (χ3v) is 3.67. The van der Waals surface area contributed by atoms with Crippen LogP contribution in [0.25, 0.3) is 0 Å². The van der Waals surface area contributed by atoms with Crippen molar-refractivity contribution in [2.75, 3.05) is 18.6 Å². The number of amides is 1. The van der Waals surface area contributed by atoms with Gasteiger partial charge in [0.1, 0.15) is 0 Å². The van der Waals surface area contributed by atoms with Crippen LogP contribution in [0.4, 0.5) is 5.69 Å². The second-order valence-corrected chi connectivity index (χ2v) is 4.83. The molecule has 0 aliphatic carbocycles. The molecule has 96 valence electrons. The SMILES string of the molecule is CC.CCCCc1cc2c(s1)OCC(=O)N2C. The van der Waals surface area contributed by atoms with Crippen LogP contribution in [0.3, 0.4) is 0 Å². The normalized spacial score (nSPS) is 13.6. The Bertz CT molecular complexity index is 373. The summed E-state index contributed by atoms with van der Waals surface area (Å²) in [4.78, 5) is 14.4. The van der Waals surface area contributed by atoms with E-state index in [9.17, 15) is 4.79 Å². The number of carbonyl (C=O) groups excluding carboxylic acids is 1. The zero-order valence-electron chi connectivity index (χ0n) is 11.1. The van der Waals surface area contributed by atoms with Crippen molar-refractivity contribution in [1.29, 1.82) is 0 Å². The van der Waals surface area contributed by atoms with Crippen LogP contribution in [-0.4, -0.2) is 19.6 Å². The summed E-state index contributed by atoms with van der Waals surface area (Å²) in [5.74, 6) is 0.0299. The van der Waals surface area contributed by atoms with Gasteiger partial charge in [-0.3, -0.25) is 4.79 Å². The lowest BCUT2D eigenvalue weighted by Gasteiger charge is -2.22. The summed E-state index contributed by atoms with van der Waals surface area (Å²) < 4.78 is 5.39. The Kier molecular flexibility index (Phi) is 5.48. The van der Waals surface area contributed by atoms with Crippen LogP contribution >= 0.6 is 11.3 Å². The minimum absolute atomic E-state index is 0.0299. The van der Waals surface area contributed by atoms with Crippen molar-refractivity contribution >= 4 is 22.9 Å². The highest BCUT2D eigenvalue weighted by molar-refractivity contribution is 7.14. The molecule has 3 nitrogen and oxygen atoms in total. The maximum absolute atomic E-state index is 11.4. The summed E-state index contributed by atoms with van der Waals surface area (Å²) in [7, 11) is 1.81. The zero-order valence-corrected chi connectivity index (χ0v) is 11.9. The fourth-order valence-corrected chi connectivity index (χ4v) is 2.66. The molecule has 0 atom stereocenters. The molecule has 1 aliphatic heterocycles. The van der Waals surface area contributed by atoms with Crippen LogP contribution in [0.1, 0.15) is 38.5 Å². The summed E-state index contributed by atoms with van der Waals surface area (Å²) in [6.07, 6.45) is 3.47. The Balaban J connectivity index is 0.000000686. The number of fused-ring (bicyclic) bond motifs is 1. The smallest absolute Gasteiger partial charge is 0.264 e. The van der Waals surface area contributed by atoms with Crippen molar-refractivity contribution in [3.8, 4) is 5.06 Å². The molecule has 0 unspecified atom stereocenters. The van der Waals surface area contributed by atoms with E-state index in [1.807, 2.05) is 13.8 Å². The molecular formula is C13H21NO2S. The van der Waals surface area contributed by atoms with Gasteiger partial charge in [0.15, 0.2) is 11.7 Å². The van der Waals surface area contributed by atoms with Crippen molar-refractivity contribution in [3.05, 3.63) is 10.9 Å². The molecule has 2 heterocycles. The number of anilines is 1. The van der Waals surface area contributed by atoms with Crippen LogP contribution < -0.4 is 9.64 Å². The second kappa shape index (κ2) is 6.64. The first-order chi connectivity index (χ1) is 8.22. The van der Waals surface area contributed by atoms with Crippen LogP contribution in [0.15, 0.2) is 6.07 Å². The number of hydrogen-bond acceptors (Lipinski definition) is 3. The second-order valence-electron chi connectivity index (χ2n) is 3.73. The van der Waals surface area contributed by atoms with Crippen LogP contribution in [0, 0.1) is 0 Å². The predicted octanol–water partition coefficient (Wildman–Crippen LogP) is 3.47. The summed E-state index contributed by atoms with van der Waals surface area (Å²) in [5.41, 5.74) is 0.933. The fraction of sp³-hybridized carbons (Fsp3) is 0.615. The van der Waals surface area contributed by atoms with Gasteiger partial charge in [-0.25, -0.2) is 0 Å². The first-order valence-electron chi connectivity index (χ1n) is 6.24. The number of thiophene rings is 1. The summed E-state index contributed by atoms with van der Waals surface area (Å²) in [6.45, 7) is 6.36. The third-order valence-electron chi connectivity index (χ3n) is 2.57. The molecule has 0 spiro atoms. The van der Waals surface area contributed by atoms with E-state index in [-0.39, 0.29) is 12.5 Å². The molecule has 0 N–H and O–H groups in total. The lowest BCUT2D eigenvalue weighted by atomic mass is 10.2. The van der Waals surface area contributed by atoms with Crippen molar-refractivity contribution < 1.29 is 9.53 Å². The number of carbonyl (C=O) groups is 1. The molecule has 0 saturated heterocycles. The van der Waals surface area contributed by atoms with E-state index >= 15 is 0 Å². The largest absolute Gasteiger partial charge is 0.472 e. The average molecular weight is 255 g/mol. The molecule has 0 radical (unpaired) electrons. The molecule has 1 aliphatic rings. The van der Waals surface area contributed by atoms with Crippen molar-refractivity contribution in [2.24, 2.45) is 0 Å². The Morgan fingerprint density at radius 3 is 2.82 bits per heavy atom. The van der Waals surface area contributed by atoms with Crippen molar-refractivity contribution in [3.63, 3.8) is 0 Å². The van der Waals surface area contributed by atoms with Crippen LogP contribution in [-0.2, 0) is 11.2 Å².